The highest BCUT2D eigenvalue weighted by Gasteiger charge is 2.50. The van der Waals surface area contributed by atoms with Gasteiger partial charge in [-0.15, -0.1) is 0 Å². The van der Waals surface area contributed by atoms with Crippen LogP contribution in [0, 0.1) is 0 Å². The van der Waals surface area contributed by atoms with Crippen LogP contribution in [0.1, 0.15) is 30.9 Å². The molecule has 29 heavy (non-hydrogen) atoms. The maximum atomic E-state index is 13.6. The van der Waals surface area contributed by atoms with E-state index < -0.39 is 5.41 Å². The highest BCUT2D eigenvalue weighted by Crippen LogP contribution is 2.49. The van der Waals surface area contributed by atoms with Crippen LogP contribution in [-0.2, 0) is 14.9 Å². The van der Waals surface area contributed by atoms with Crippen LogP contribution >= 0.6 is 0 Å². The summed E-state index contributed by atoms with van der Waals surface area (Å²) in [5.41, 5.74) is 0.859. The van der Waals surface area contributed by atoms with E-state index in [2.05, 4.69) is 26.2 Å². The van der Waals surface area contributed by atoms with Crippen molar-refractivity contribution in [3.8, 4) is 11.5 Å². The third kappa shape index (κ3) is 2.94. The molecule has 152 valence electrons. The number of ether oxygens (including phenoxy) is 2. The second-order valence-electron chi connectivity index (χ2n) is 8.87. The first-order chi connectivity index (χ1) is 13.4. The zero-order valence-electron chi connectivity index (χ0n) is 17.0. The van der Waals surface area contributed by atoms with E-state index in [1.807, 2.05) is 55.5 Å². The van der Waals surface area contributed by atoms with Crippen LogP contribution in [-0.4, -0.2) is 42.7 Å². The SMILES string of the molecule is CC1(C(=O)OC2CC3C=C[C@H](C2)[N+]3(C)C)c2ccccc2Oc2ccccc21.[Br-]. The Morgan fingerprint density at radius 3 is 1.97 bits per heavy atom. The molecule has 1 fully saturated rings. The molecule has 0 spiro atoms. The van der Waals surface area contributed by atoms with Crippen molar-refractivity contribution >= 4 is 5.97 Å². The van der Waals surface area contributed by atoms with Gasteiger partial charge in [0.25, 0.3) is 0 Å². The lowest BCUT2D eigenvalue weighted by Crippen LogP contribution is -3.00. The Labute approximate surface area is 182 Å². The number of para-hydroxylation sites is 2. The summed E-state index contributed by atoms with van der Waals surface area (Å²) in [6.07, 6.45) is 6.28. The smallest absolute Gasteiger partial charge is 0.321 e. The predicted molar refractivity (Wildman–Crippen MR) is 107 cm³/mol. The molecule has 0 N–H and O–H groups in total. The Kier molecular flexibility index (Phi) is 4.87. The second kappa shape index (κ2) is 6.99. The fraction of sp³-hybridized carbons (Fsp3) is 0.375. The number of quaternary nitrogens is 1. The van der Waals surface area contributed by atoms with Gasteiger partial charge in [0.2, 0.25) is 0 Å². The van der Waals surface area contributed by atoms with Crippen molar-refractivity contribution in [2.24, 2.45) is 0 Å². The Hall–Kier alpha value is -2.11. The lowest BCUT2D eigenvalue weighted by atomic mass is 9.74. The average Bonchev–Trinajstić information content (AvgIpc) is 2.85. The number of rotatable bonds is 2. The van der Waals surface area contributed by atoms with Gasteiger partial charge in [0, 0.05) is 24.0 Å². The van der Waals surface area contributed by atoms with Gasteiger partial charge in [-0.3, -0.25) is 4.79 Å². The van der Waals surface area contributed by atoms with E-state index in [4.69, 9.17) is 9.47 Å². The number of fused-ring (bicyclic) bond motifs is 4. The van der Waals surface area contributed by atoms with Crippen LogP contribution in [0.15, 0.2) is 60.7 Å². The molecular formula is C24H26BrNO3. The lowest BCUT2D eigenvalue weighted by Gasteiger charge is -2.44. The number of hydrogen-bond acceptors (Lipinski definition) is 3. The van der Waals surface area contributed by atoms with Gasteiger partial charge in [0.05, 0.1) is 14.1 Å². The molecule has 4 nitrogen and oxygen atoms in total. The van der Waals surface area contributed by atoms with E-state index in [9.17, 15) is 4.79 Å². The quantitative estimate of drug-likeness (QED) is 0.387. The van der Waals surface area contributed by atoms with Crippen molar-refractivity contribution in [2.75, 3.05) is 14.1 Å². The molecule has 1 saturated heterocycles. The first-order valence-electron chi connectivity index (χ1n) is 10.0. The molecule has 5 rings (SSSR count). The van der Waals surface area contributed by atoms with Crippen molar-refractivity contribution in [1.29, 1.82) is 0 Å². The topological polar surface area (TPSA) is 35.5 Å². The number of nitrogens with zero attached hydrogens (tertiary/aromatic N) is 1. The molecule has 0 aliphatic carbocycles. The van der Waals surface area contributed by atoms with Crippen molar-refractivity contribution in [1.82, 2.24) is 0 Å². The molecule has 0 radical (unpaired) electrons. The molecule has 0 amide bonds. The average molecular weight is 456 g/mol. The third-order valence-corrected chi connectivity index (χ3v) is 7.03. The third-order valence-electron chi connectivity index (χ3n) is 7.03. The molecule has 2 bridgehead atoms. The number of hydrogen-bond donors (Lipinski definition) is 0. The van der Waals surface area contributed by atoms with Gasteiger partial charge in [-0.1, -0.05) is 36.4 Å². The number of piperidine rings is 1. The molecular weight excluding hydrogens is 430 g/mol. The minimum absolute atomic E-state index is 0. The van der Waals surface area contributed by atoms with Crippen LogP contribution in [0.2, 0.25) is 0 Å². The Morgan fingerprint density at radius 1 is 0.966 bits per heavy atom. The Bertz CT molecular complexity index is 920. The summed E-state index contributed by atoms with van der Waals surface area (Å²) in [5, 5.41) is 0. The minimum Gasteiger partial charge on any atom is -1.00 e. The van der Waals surface area contributed by atoms with Crippen molar-refractivity contribution in [3.05, 3.63) is 71.8 Å². The Balaban J connectivity index is 0.00000205. The van der Waals surface area contributed by atoms with Crippen LogP contribution < -0.4 is 21.7 Å². The van der Waals surface area contributed by atoms with Crippen molar-refractivity contribution < 1.29 is 35.7 Å². The largest absolute Gasteiger partial charge is 1.00 e. The number of halogens is 1. The molecule has 3 atom stereocenters. The molecule has 0 saturated carbocycles. The number of carbonyl (C=O) groups excluding carboxylic acids is 1. The zero-order chi connectivity index (χ0) is 19.5. The summed E-state index contributed by atoms with van der Waals surface area (Å²) in [4.78, 5) is 13.6. The summed E-state index contributed by atoms with van der Waals surface area (Å²) in [6, 6.07) is 16.4. The van der Waals surface area contributed by atoms with Gasteiger partial charge in [-0.2, -0.15) is 0 Å². The second-order valence-corrected chi connectivity index (χ2v) is 8.87. The zero-order valence-corrected chi connectivity index (χ0v) is 18.6. The van der Waals surface area contributed by atoms with E-state index in [1.165, 1.54) is 0 Å². The fourth-order valence-corrected chi connectivity index (χ4v) is 5.07. The van der Waals surface area contributed by atoms with Gasteiger partial charge in [0.15, 0.2) is 0 Å². The normalized spacial score (nSPS) is 27.1. The number of benzene rings is 2. The van der Waals surface area contributed by atoms with Crippen LogP contribution in [0.25, 0.3) is 0 Å². The van der Waals surface area contributed by atoms with E-state index in [1.54, 1.807) is 0 Å². The van der Waals surface area contributed by atoms with Gasteiger partial charge in [0.1, 0.15) is 35.1 Å². The maximum absolute atomic E-state index is 13.6. The summed E-state index contributed by atoms with van der Waals surface area (Å²) >= 11 is 0. The molecule has 5 heteroatoms. The van der Waals surface area contributed by atoms with Gasteiger partial charge >= 0.3 is 5.97 Å². The monoisotopic (exact) mass is 455 g/mol. The van der Waals surface area contributed by atoms with Crippen LogP contribution in [0.3, 0.4) is 0 Å². The summed E-state index contributed by atoms with van der Waals surface area (Å²) in [6.45, 7) is 1.96. The molecule has 2 unspecified atom stereocenters. The van der Waals surface area contributed by atoms with E-state index in [0.717, 1.165) is 40.0 Å². The highest BCUT2D eigenvalue weighted by molar-refractivity contribution is 5.90. The minimum atomic E-state index is -0.875. The Morgan fingerprint density at radius 2 is 1.45 bits per heavy atom. The molecule has 2 aromatic carbocycles. The first kappa shape index (κ1) is 20.2. The number of likely N-dealkylation sites (N-methyl/N-ethyl adjacent to an activating group) is 1. The number of esters is 1. The van der Waals surface area contributed by atoms with Gasteiger partial charge < -0.3 is 30.9 Å². The van der Waals surface area contributed by atoms with E-state index in [-0.39, 0.29) is 29.1 Å². The lowest BCUT2D eigenvalue weighted by molar-refractivity contribution is -0.926. The summed E-state index contributed by atoms with van der Waals surface area (Å²) < 4.78 is 13.2. The van der Waals surface area contributed by atoms with Crippen molar-refractivity contribution in [3.63, 3.8) is 0 Å². The molecule has 2 aromatic rings. The summed E-state index contributed by atoms with van der Waals surface area (Å²) in [5.74, 6) is 1.26. The predicted octanol–water partition coefficient (Wildman–Crippen LogP) is 1.19. The van der Waals surface area contributed by atoms with Crippen LogP contribution in [0.5, 0.6) is 11.5 Å². The van der Waals surface area contributed by atoms with Gasteiger partial charge in [-0.05, 0) is 31.2 Å². The molecule has 3 aliphatic heterocycles. The fourth-order valence-electron chi connectivity index (χ4n) is 5.07. The van der Waals surface area contributed by atoms with Gasteiger partial charge in [-0.25, -0.2) is 0 Å². The molecule has 3 heterocycles. The first-order valence-corrected chi connectivity index (χ1v) is 10.0. The summed E-state index contributed by atoms with van der Waals surface area (Å²) in [7, 11) is 4.53. The maximum Gasteiger partial charge on any atom is 0.321 e. The standard InChI is InChI=1S/C24H26NO3.BrH/c1-24(23(26)27-18-14-16-12-13-17(15-18)25(16,2)3)19-8-4-6-10-21(19)28-22-11-7-5-9-20(22)24;/h4-13,16-18H,14-15H2,1-3H3;1H/q+1;/p-1/t16-,17?,18?;/m1./s1. The number of carbonyl (C=O) groups is 1. The van der Waals surface area contributed by atoms with Crippen LogP contribution in [0.4, 0.5) is 0 Å². The molecule has 0 aromatic heterocycles. The van der Waals surface area contributed by atoms with E-state index in [0.29, 0.717) is 12.1 Å². The molecule has 3 aliphatic rings. The van der Waals surface area contributed by atoms with Crippen molar-refractivity contribution in [2.45, 2.75) is 43.4 Å². The van der Waals surface area contributed by atoms with E-state index >= 15 is 0 Å². The highest BCUT2D eigenvalue weighted by atomic mass is 79.9.